The summed E-state index contributed by atoms with van der Waals surface area (Å²) in [5, 5.41) is 2.96. The average Bonchev–Trinajstić information content (AvgIpc) is 2.84. The maximum atomic E-state index is 13.3. The lowest BCUT2D eigenvalue weighted by Crippen LogP contribution is -2.43. The summed E-state index contributed by atoms with van der Waals surface area (Å²) in [6.45, 7) is 2.78. The van der Waals surface area contributed by atoms with Gasteiger partial charge in [-0.05, 0) is 43.7 Å². The molecule has 180 valence electrons. The van der Waals surface area contributed by atoms with E-state index in [1.165, 1.54) is 10.5 Å². The highest BCUT2D eigenvalue weighted by atomic mass is 16.2. The maximum Gasteiger partial charge on any atom is 0.251 e. The Labute approximate surface area is 202 Å². The van der Waals surface area contributed by atoms with Gasteiger partial charge in [-0.2, -0.15) is 0 Å². The van der Waals surface area contributed by atoms with Crippen molar-refractivity contribution < 1.29 is 14.4 Å². The highest BCUT2D eigenvalue weighted by Gasteiger charge is 2.36. The monoisotopic (exact) mass is 461 g/mol. The van der Waals surface area contributed by atoms with Crippen molar-refractivity contribution in [2.75, 3.05) is 20.6 Å². The third-order valence-electron chi connectivity index (χ3n) is 6.24. The number of rotatable bonds is 10. The summed E-state index contributed by atoms with van der Waals surface area (Å²) in [5.74, 6) is -0.908. The van der Waals surface area contributed by atoms with Gasteiger partial charge in [0.05, 0.1) is 12.5 Å². The molecule has 0 saturated carbocycles. The van der Waals surface area contributed by atoms with E-state index in [0.29, 0.717) is 24.4 Å². The number of allylic oxidation sites excluding steroid dienone is 1. The van der Waals surface area contributed by atoms with E-state index < -0.39 is 5.92 Å². The van der Waals surface area contributed by atoms with Gasteiger partial charge in [-0.3, -0.25) is 14.4 Å². The van der Waals surface area contributed by atoms with Crippen LogP contribution in [0.4, 0.5) is 0 Å². The Bertz CT molecular complexity index is 1020. The van der Waals surface area contributed by atoms with Crippen LogP contribution in [0.1, 0.15) is 43.7 Å². The van der Waals surface area contributed by atoms with E-state index in [1.807, 2.05) is 55.5 Å². The van der Waals surface area contributed by atoms with Crippen LogP contribution in [-0.2, 0) is 27.3 Å². The average molecular weight is 462 g/mol. The molecule has 0 spiro atoms. The molecule has 3 rings (SSSR count). The third kappa shape index (κ3) is 6.80. The van der Waals surface area contributed by atoms with Crippen molar-refractivity contribution in [1.82, 2.24) is 15.1 Å². The summed E-state index contributed by atoms with van der Waals surface area (Å²) in [7, 11) is 3.41. The molecule has 0 aliphatic carbocycles. The fraction of sp³-hybridized carbons (Fsp3) is 0.393. The number of likely N-dealkylation sites (N-methyl/N-ethyl adjacent to an activating group) is 1. The molecule has 1 aliphatic heterocycles. The minimum atomic E-state index is -0.546. The topological polar surface area (TPSA) is 69.7 Å². The van der Waals surface area contributed by atoms with E-state index >= 15 is 0 Å². The van der Waals surface area contributed by atoms with Crippen LogP contribution >= 0.6 is 0 Å². The molecule has 1 aliphatic rings. The first-order valence-corrected chi connectivity index (χ1v) is 11.9. The van der Waals surface area contributed by atoms with E-state index in [9.17, 15) is 14.4 Å². The first kappa shape index (κ1) is 25.2. The normalized spacial score (nSPS) is 15.9. The van der Waals surface area contributed by atoms with Gasteiger partial charge in [-0.15, -0.1) is 0 Å². The minimum absolute atomic E-state index is 0.0836. The van der Waals surface area contributed by atoms with Crippen LogP contribution in [0.5, 0.6) is 0 Å². The SMILES string of the molecule is CC1=C(C(=O)N(C)C)CC(CC(=O)NCCCCc2ccccc2)C(=O)N1Cc1ccccc1. The molecule has 6 heteroatoms. The summed E-state index contributed by atoms with van der Waals surface area (Å²) in [6, 6.07) is 20.0. The van der Waals surface area contributed by atoms with E-state index in [0.717, 1.165) is 24.8 Å². The van der Waals surface area contributed by atoms with Gasteiger partial charge < -0.3 is 15.1 Å². The maximum absolute atomic E-state index is 13.3. The Morgan fingerprint density at radius 3 is 2.21 bits per heavy atom. The largest absolute Gasteiger partial charge is 0.356 e. The van der Waals surface area contributed by atoms with Crippen molar-refractivity contribution >= 4 is 17.7 Å². The number of carbonyl (C=O) groups excluding carboxylic acids is 3. The van der Waals surface area contributed by atoms with Gasteiger partial charge in [-0.1, -0.05) is 60.7 Å². The standard InChI is InChI=1S/C28H35N3O3/c1-21-25(28(34)30(2)3)18-24(27(33)31(21)20-23-15-8-5-9-16-23)19-26(32)29-17-11-10-14-22-12-6-4-7-13-22/h4-9,12-13,15-16,24H,10-11,14,17-20H2,1-3H3,(H,29,32). The molecule has 1 unspecified atom stereocenters. The molecule has 0 bridgehead atoms. The number of nitrogens with one attached hydrogen (secondary N) is 1. The van der Waals surface area contributed by atoms with Crippen LogP contribution in [0.25, 0.3) is 0 Å². The Morgan fingerprint density at radius 2 is 1.59 bits per heavy atom. The predicted octanol–water partition coefficient (Wildman–Crippen LogP) is 3.93. The van der Waals surface area contributed by atoms with Crippen LogP contribution in [-0.4, -0.2) is 48.2 Å². The number of hydrogen-bond acceptors (Lipinski definition) is 3. The summed E-state index contributed by atoms with van der Waals surface area (Å²) in [5.41, 5.74) is 3.54. The number of amides is 3. The number of hydrogen-bond donors (Lipinski definition) is 1. The quantitative estimate of drug-likeness (QED) is 0.545. The van der Waals surface area contributed by atoms with Crippen molar-refractivity contribution in [1.29, 1.82) is 0 Å². The van der Waals surface area contributed by atoms with Gasteiger partial charge >= 0.3 is 0 Å². The van der Waals surface area contributed by atoms with Crippen molar-refractivity contribution in [2.24, 2.45) is 5.92 Å². The summed E-state index contributed by atoms with van der Waals surface area (Å²) in [4.78, 5) is 42.0. The molecule has 1 heterocycles. The van der Waals surface area contributed by atoms with Crippen molar-refractivity contribution in [3.05, 3.63) is 83.1 Å². The minimum Gasteiger partial charge on any atom is -0.356 e. The van der Waals surface area contributed by atoms with Crippen LogP contribution in [0.3, 0.4) is 0 Å². The van der Waals surface area contributed by atoms with Gasteiger partial charge in [0, 0.05) is 38.3 Å². The fourth-order valence-corrected chi connectivity index (χ4v) is 4.29. The predicted molar refractivity (Wildman–Crippen MR) is 133 cm³/mol. The van der Waals surface area contributed by atoms with Gasteiger partial charge in [0.15, 0.2) is 0 Å². The third-order valence-corrected chi connectivity index (χ3v) is 6.24. The molecule has 6 nitrogen and oxygen atoms in total. The smallest absolute Gasteiger partial charge is 0.251 e. The van der Waals surface area contributed by atoms with Crippen LogP contribution in [0.15, 0.2) is 71.9 Å². The summed E-state index contributed by atoms with van der Waals surface area (Å²) >= 11 is 0. The second-order valence-corrected chi connectivity index (χ2v) is 9.07. The zero-order valence-electron chi connectivity index (χ0n) is 20.4. The molecular weight excluding hydrogens is 426 g/mol. The second kappa shape index (κ2) is 12.2. The summed E-state index contributed by atoms with van der Waals surface area (Å²) in [6.07, 6.45) is 3.21. The van der Waals surface area contributed by atoms with Crippen molar-refractivity contribution in [3.8, 4) is 0 Å². The number of benzene rings is 2. The van der Waals surface area contributed by atoms with Crippen LogP contribution in [0.2, 0.25) is 0 Å². The van der Waals surface area contributed by atoms with E-state index in [1.54, 1.807) is 19.0 Å². The Morgan fingerprint density at radius 1 is 0.971 bits per heavy atom. The Kier molecular flexibility index (Phi) is 9.02. The number of aryl methyl sites for hydroxylation is 1. The van der Waals surface area contributed by atoms with Gasteiger partial charge in [0.25, 0.3) is 5.91 Å². The molecule has 0 fully saturated rings. The zero-order valence-corrected chi connectivity index (χ0v) is 20.4. The fourth-order valence-electron chi connectivity index (χ4n) is 4.29. The molecule has 0 saturated heterocycles. The van der Waals surface area contributed by atoms with Crippen molar-refractivity contribution in [3.63, 3.8) is 0 Å². The van der Waals surface area contributed by atoms with Crippen LogP contribution in [0, 0.1) is 5.92 Å². The van der Waals surface area contributed by atoms with Gasteiger partial charge in [-0.25, -0.2) is 0 Å². The van der Waals surface area contributed by atoms with E-state index in [4.69, 9.17) is 0 Å². The lowest BCUT2D eigenvalue weighted by molar-refractivity contribution is -0.139. The number of carbonyl (C=O) groups is 3. The molecule has 1 atom stereocenters. The zero-order chi connectivity index (χ0) is 24.5. The van der Waals surface area contributed by atoms with Crippen molar-refractivity contribution in [2.45, 2.75) is 45.6 Å². The molecular formula is C28H35N3O3. The molecule has 3 amide bonds. The first-order chi connectivity index (χ1) is 16.4. The van der Waals surface area contributed by atoms with Crippen LogP contribution < -0.4 is 5.32 Å². The first-order valence-electron chi connectivity index (χ1n) is 11.9. The van der Waals surface area contributed by atoms with E-state index in [2.05, 4.69) is 17.4 Å². The lowest BCUT2D eigenvalue weighted by atomic mass is 9.88. The molecule has 34 heavy (non-hydrogen) atoms. The highest BCUT2D eigenvalue weighted by molar-refractivity contribution is 5.98. The Balaban J connectivity index is 1.60. The number of unbranched alkanes of at least 4 members (excludes halogenated alkanes) is 1. The Hall–Kier alpha value is -3.41. The van der Waals surface area contributed by atoms with Gasteiger partial charge in [0.1, 0.15) is 0 Å². The second-order valence-electron chi connectivity index (χ2n) is 9.07. The highest BCUT2D eigenvalue weighted by Crippen LogP contribution is 2.31. The molecule has 1 N–H and O–H groups in total. The molecule has 2 aromatic rings. The molecule has 0 aromatic heterocycles. The molecule has 0 radical (unpaired) electrons. The number of nitrogens with zero attached hydrogens (tertiary/aromatic N) is 2. The molecule has 2 aromatic carbocycles. The lowest BCUT2D eigenvalue weighted by Gasteiger charge is -2.35. The van der Waals surface area contributed by atoms with E-state index in [-0.39, 0.29) is 30.6 Å². The summed E-state index contributed by atoms with van der Waals surface area (Å²) < 4.78 is 0. The van der Waals surface area contributed by atoms with Gasteiger partial charge in [0.2, 0.25) is 11.8 Å².